The fourth-order valence-electron chi connectivity index (χ4n) is 2.05. The number of halogens is 2. The van der Waals surface area contributed by atoms with Crippen molar-refractivity contribution in [1.82, 2.24) is 25.5 Å². The maximum Gasteiger partial charge on any atom is 0.214 e. The van der Waals surface area contributed by atoms with Gasteiger partial charge in [0.25, 0.3) is 0 Å². The van der Waals surface area contributed by atoms with Crippen LogP contribution in [0.25, 0.3) is 5.69 Å². The average Bonchev–Trinajstić information content (AvgIpc) is 3.05. The van der Waals surface area contributed by atoms with Crippen LogP contribution in [0.2, 0.25) is 5.02 Å². The summed E-state index contributed by atoms with van der Waals surface area (Å²) < 4.78 is 1.75. The number of tetrazole rings is 1. The fourth-order valence-corrected chi connectivity index (χ4v) is 2.96. The zero-order valence-corrected chi connectivity index (χ0v) is 15.1. The molecule has 0 aliphatic heterocycles. The molecule has 0 saturated heterocycles. The lowest BCUT2D eigenvalue weighted by atomic mass is 10.2. The van der Waals surface area contributed by atoms with Gasteiger partial charge in [0.1, 0.15) is 0 Å². The molecule has 0 aliphatic rings. The molecule has 24 heavy (non-hydrogen) atoms. The molecule has 8 heteroatoms. The molecule has 0 aliphatic carbocycles. The van der Waals surface area contributed by atoms with Crippen LogP contribution in [-0.4, -0.2) is 32.5 Å². The highest BCUT2D eigenvalue weighted by atomic mass is 35.5. The normalized spacial score (nSPS) is 10.4. The zero-order valence-electron chi connectivity index (χ0n) is 12.8. The summed E-state index contributed by atoms with van der Waals surface area (Å²) in [5.41, 5.74) is 2.18. The SMILES string of the molecule is Clc1ccc(CNCCSc2nnnn2-c2ccccc2)cc1.[Cl-]. The van der Waals surface area contributed by atoms with Gasteiger partial charge in [0.15, 0.2) is 0 Å². The van der Waals surface area contributed by atoms with Gasteiger partial charge in [0.2, 0.25) is 5.16 Å². The van der Waals surface area contributed by atoms with Crippen LogP contribution in [-0.2, 0) is 6.54 Å². The monoisotopic (exact) mass is 380 g/mol. The largest absolute Gasteiger partial charge is 1.00 e. The third-order valence-electron chi connectivity index (χ3n) is 3.19. The number of nitrogens with zero attached hydrogens (tertiary/aromatic N) is 4. The second kappa shape index (κ2) is 9.64. The van der Waals surface area contributed by atoms with E-state index in [2.05, 4.69) is 20.8 Å². The maximum absolute atomic E-state index is 5.87. The van der Waals surface area contributed by atoms with Crippen molar-refractivity contribution in [2.24, 2.45) is 0 Å². The van der Waals surface area contributed by atoms with E-state index >= 15 is 0 Å². The van der Waals surface area contributed by atoms with E-state index in [4.69, 9.17) is 11.6 Å². The Morgan fingerprint density at radius 1 is 1.04 bits per heavy atom. The predicted molar refractivity (Wildman–Crippen MR) is 93.0 cm³/mol. The van der Waals surface area contributed by atoms with E-state index in [-0.39, 0.29) is 12.4 Å². The van der Waals surface area contributed by atoms with Crippen LogP contribution in [0.1, 0.15) is 5.56 Å². The quantitative estimate of drug-likeness (QED) is 0.468. The Hall–Kier alpha value is -1.60. The van der Waals surface area contributed by atoms with Crippen molar-refractivity contribution in [3.05, 3.63) is 65.2 Å². The average molecular weight is 381 g/mol. The van der Waals surface area contributed by atoms with E-state index in [9.17, 15) is 0 Å². The molecule has 3 aromatic rings. The minimum Gasteiger partial charge on any atom is -1.00 e. The lowest BCUT2D eigenvalue weighted by Crippen LogP contribution is -3.00. The van der Waals surface area contributed by atoms with Gasteiger partial charge in [0, 0.05) is 23.9 Å². The molecular weight excluding hydrogens is 365 g/mol. The summed E-state index contributed by atoms with van der Waals surface area (Å²) in [7, 11) is 0. The number of para-hydroxylation sites is 1. The van der Waals surface area contributed by atoms with E-state index in [0.717, 1.165) is 34.7 Å². The second-order valence-electron chi connectivity index (χ2n) is 4.86. The molecule has 0 bridgehead atoms. The van der Waals surface area contributed by atoms with Crippen LogP contribution in [0.4, 0.5) is 0 Å². The van der Waals surface area contributed by atoms with Gasteiger partial charge in [-0.15, -0.1) is 5.10 Å². The van der Waals surface area contributed by atoms with Gasteiger partial charge in [-0.2, -0.15) is 4.68 Å². The third kappa shape index (κ3) is 5.21. The van der Waals surface area contributed by atoms with Crippen molar-refractivity contribution >= 4 is 23.4 Å². The van der Waals surface area contributed by atoms with Crippen LogP contribution < -0.4 is 17.7 Å². The Morgan fingerprint density at radius 2 is 1.79 bits per heavy atom. The first-order chi connectivity index (χ1) is 11.3. The molecule has 2 aromatic carbocycles. The van der Waals surface area contributed by atoms with Crippen molar-refractivity contribution in [2.75, 3.05) is 12.3 Å². The Balaban J connectivity index is 0.00000208. The highest BCUT2D eigenvalue weighted by Crippen LogP contribution is 2.17. The molecule has 0 unspecified atom stereocenters. The van der Waals surface area contributed by atoms with Gasteiger partial charge >= 0.3 is 0 Å². The molecule has 5 nitrogen and oxygen atoms in total. The molecule has 0 saturated carbocycles. The molecule has 0 atom stereocenters. The van der Waals surface area contributed by atoms with Crippen LogP contribution in [0, 0.1) is 0 Å². The predicted octanol–water partition coefficient (Wildman–Crippen LogP) is 0.202. The molecule has 3 rings (SSSR count). The maximum atomic E-state index is 5.87. The summed E-state index contributed by atoms with van der Waals surface area (Å²) in [4.78, 5) is 0. The van der Waals surface area contributed by atoms with Crippen LogP contribution >= 0.6 is 23.4 Å². The van der Waals surface area contributed by atoms with Crippen molar-refractivity contribution in [2.45, 2.75) is 11.7 Å². The van der Waals surface area contributed by atoms with Gasteiger partial charge in [-0.1, -0.05) is 53.7 Å². The lowest BCUT2D eigenvalue weighted by molar-refractivity contribution is -0.00000466. The number of hydrogen-bond donors (Lipinski definition) is 1. The number of benzene rings is 2. The molecule has 1 heterocycles. The number of aromatic nitrogens is 4. The summed E-state index contributed by atoms with van der Waals surface area (Å²) in [6.45, 7) is 1.69. The van der Waals surface area contributed by atoms with E-state index in [1.54, 1.807) is 16.4 Å². The standard InChI is InChI=1S/C16H16ClN5S.ClH/c17-14-8-6-13(7-9-14)12-18-10-11-23-16-19-20-21-22(16)15-4-2-1-3-5-15;/h1-9,18H,10-12H2;1H/p-1. The number of thioether (sulfide) groups is 1. The Bertz CT molecular complexity index is 734. The van der Waals surface area contributed by atoms with Crippen molar-refractivity contribution in [3.8, 4) is 5.69 Å². The Morgan fingerprint density at radius 3 is 2.54 bits per heavy atom. The first-order valence-electron chi connectivity index (χ1n) is 7.25. The van der Waals surface area contributed by atoms with E-state index in [1.165, 1.54) is 5.56 Å². The van der Waals surface area contributed by atoms with E-state index in [1.807, 2.05) is 54.6 Å². The summed E-state index contributed by atoms with van der Waals surface area (Å²) in [6.07, 6.45) is 0. The van der Waals surface area contributed by atoms with Crippen molar-refractivity contribution < 1.29 is 12.4 Å². The minimum absolute atomic E-state index is 0. The highest BCUT2D eigenvalue weighted by Gasteiger charge is 2.07. The van der Waals surface area contributed by atoms with Crippen molar-refractivity contribution in [3.63, 3.8) is 0 Å². The fraction of sp³-hybridized carbons (Fsp3) is 0.188. The molecule has 0 spiro atoms. The van der Waals surface area contributed by atoms with Crippen LogP contribution in [0.3, 0.4) is 0 Å². The number of rotatable bonds is 7. The van der Waals surface area contributed by atoms with Crippen LogP contribution in [0.15, 0.2) is 59.8 Å². The molecule has 1 N–H and O–H groups in total. The van der Waals surface area contributed by atoms with Gasteiger partial charge in [-0.05, 0) is 40.3 Å². The number of nitrogens with one attached hydrogen (secondary N) is 1. The van der Waals surface area contributed by atoms with Crippen LogP contribution in [0.5, 0.6) is 0 Å². The molecule has 0 fully saturated rings. The first-order valence-corrected chi connectivity index (χ1v) is 8.61. The summed E-state index contributed by atoms with van der Waals surface area (Å²) in [5.74, 6) is 0.890. The van der Waals surface area contributed by atoms with Gasteiger partial charge < -0.3 is 17.7 Å². The topological polar surface area (TPSA) is 55.6 Å². The summed E-state index contributed by atoms with van der Waals surface area (Å²) in [5, 5.41) is 16.8. The molecule has 0 radical (unpaired) electrons. The minimum atomic E-state index is 0. The van der Waals surface area contributed by atoms with Gasteiger partial charge in [-0.25, -0.2) is 0 Å². The molecular formula is C16H16Cl2N5S-. The molecule has 126 valence electrons. The molecule has 1 aromatic heterocycles. The van der Waals surface area contributed by atoms with E-state index in [0.29, 0.717) is 0 Å². The van der Waals surface area contributed by atoms with Crippen molar-refractivity contribution in [1.29, 1.82) is 0 Å². The zero-order chi connectivity index (χ0) is 15.9. The lowest BCUT2D eigenvalue weighted by Gasteiger charge is -2.06. The molecule has 0 amide bonds. The van der Waals surface area contributed by atoms with Gasteiger partial charge in [0.05, 0.1) is 5.69 Å². The highest BCUT2D eigenvalue weighted by molar-refractivity contribution is 7.99. The van der Waals surface area contributed by atoms with Gasteiger partial charge in [-0.3, -0.25) is 0 Å². The smallest absolute Gasteiger partial charge is 0.214 e. The summed E-state index contributed by atoms with van der Waals surface area (Å²) >= 11 is 7.50. The Labute approximate surface area is 156 Å². The second-order valence-corrected chi connectivity index (χ2v) is 6.36. The number of hydrogen-bond acceptors (Lipinski definition) is 5. The summed E-state index contributed by atoms with van der Waals surface area (Å²) in [6, 6.07) is 17.7. The third-order valence-corrected chi connectivity index (χ3v) is 4.37. The Kier molecular flexibility index (Phi) is 7.52. The first kappa shape index (κ1) is 18.7. The van der Waals surface area contributed by atoms with E-state index < -0.39 is 0 Å².